The summed E-state index contributed by atoms with van der Waals surface area (Å²) in [7, 11) is 0. The fraction of sp³-hybridized carbons (Fsp3) is 0.452. The summed E-state index contributed by atoms with van der Waals surface area (Å²) in [5, 5.41) is 9.96. The molecular weight excluding hydrogens is 434 g/mol. The molecule has 0 fully saturated rings. The summed E-state index contributed by atoms with van der Waals surface area (Å²) >= 11 is 0. The Kier molecular flexibility index (Phi) is 5.91. The van der Waals surface area contributed by atoms with Crippen LogP contribution in [0.2, 0.25) is 0 Å². The molecule has 3 aromatic rings. The number of benzene rings is 2. The van der Waals surface area contributed by atoms with Gasteiger partial charge in [0, 0.05) is 13.0 Å². The fourth-order valence-corrected chi connectivity index (χ4v) is 5.86. The number of nitrogens with zero attached hydrogens (tertiary/aromatic N) is 1. The fourth-order valence-electron chi connectivity index (χ4n) is 5.86. The van der Waals surface area contributed by atoms with E-state index >= 15 is 0 Å². The van der Waals surface area contributed by atoms with Crippen LogP contribution in [0.5, 0.6) is 0 Å². The highest BCUT2D eigenvalue weighted by Gasteiger charge is 2.37. The second-order valence-corrected chi connectivity index (χ2v) is 11.8. The number of amides is 1. The van der Waals surface area contributed by atoms with Gasteiger partial charge in [0.05, 0.1) is 12.6 Å². The van der Waals surface area contributed by atoms with E-state index in [0.29, 0.717) is 25.1 Å². The lowest BCUT2D eigenvalue weighted by molar-refractivity contribution is 0.0511. The van der Waals surface area contributed by atoms with Crippen LogP contribution in [0, 0.1) is 6.92 Å². The van der Waals surface area contributed by atoms with Gasteiger partial charge in [-0.1, -0.05) is 64.1 Å². The van der Waals surface area contributed by atoms with Crippen molar-refractivity contribution in [2.45, 2.75) is 83.7 Å². The zero-order valence-electron chi connectivity index (χ0n) is 21.6. The molecule has 1 atom stereocenters. The van der Waals surface area contributed by atoms with Gasteiger partial charge >= 0.3 is 0 Å². The lowest BCUT2D eigenvalue weighted by Crippen LogP contribution is -2.46. The van der Waals surface area contributed by atoms with Gasteiger partial charge in [0.25, 0.3) is 5.91 Å². The largest absolute Gasteiger partial charge is 0.456 e. The van der Waals surface area contributed by atoms with Crippen molar-refractivity contribution < 1.29 is 14.3 Å². The van der Waals surface area contributed by atoms with Crippen molar-refractivity contribution in [3.63, 3.8) is 0 Å². The Hall–Kier alpha value is -2.85. The van der Waals surface area contributed by atoms with Gasteiger partial charge in [-0.3, -0.25) is 4.79 Å². The van der Waals surface area contributed by atoms with Gasteiger partial charge in [-0.2, -0.15) is 0 Å². The lowest BCUT2D eigenvalue weighted by Gasteiger charge is -2.42. The molecule has 1 aliphatic carbocycles. The molecule has 1 amide bonds. The molecule has 1 N–H and O–H groups in total. The summed E-state index contributed by atoms with van der Waals surface area (Å²) in [6, 6.07) is 16.4. The van der Waals surface area contributed by atoms with E-state index in [0.717, 1.165) is 11.3 Å². The summed E-state index contributed by atoms with van der Waals surface area (Å²) in [5.74, 6) is 0.979. The van der Waals surface area contributed by atoms with Gasteiger partial charge in [-0.15, -0.1) is 0 Å². The van der Waals surface area contributed by atoms with E-state index in [1.54, 1.807) is 11.0 Å². The predicted octanol–water partition coefficient (Wildman–Crippen LogP) is 6.09. The molecule has 0 saturated carbocycles. The number of aliphatic hydroxyl groups is 1. The Labute approximate surface area is 209 Å². The van der Waals surface area contributed by atoms with E-state index in [2.05, 4.69) is 58.9 Å². The molecule has 1 aromatic heterocycles. The molecule has 0 spiro atoms. The van der Waals surface area contributed by atoms with Crippen molar-refractivity contribution in [3.8, 4) is 0 Å². The second-order valence-electron chi connectivity index (χ2n) is 11.8. The lowest BCUT2D eigenvalue weighted by atomic mass is 9.62. The van der Waals surface area contributed by atoms with E-state index in [-0.39, 0.29) is 29.4 Å². The molecule has 0 radical (unpaired) electrons. The number of aryl methyl sites for hydroxylation is 1. The van der Waals surface area contributed by atoms with E-state index < -0.39 is 0 Å². The van der Waals surface area contributed by atoms with Gasteiger partial charge < -0.3 is 14.4 Å². The number of aliphatic hydroxyl groups excluding tert-OH is 1. The van der Waals surface area contributed by atoms with Crippen LogP contribution < -0.4 is 0 Å². The maximum atomic E-state index is 13.4. The minimum absolute atomic E-state index is 0.0614. The Morgan fingerprint density at radius 1 is 1.00 bits per heavy atom. The normalized spacial score (nSPS) is 20.3. The van der Waals surface area contributed by atoms with Crippen molar-refractivity contribution in [1.82, 2.24) is 4.90 Å². The molecule has 4 heteroatoms. The third-order valence-electron chi connectivity index (χ3n) is 8.37. The smallest absolute Gasteiger partial charge is 0.290 e. The first-order chi connectivity index (χ1) is 16.6. The Morgan fingerprint density at radius 2 is 1.66 bits per heavy atom. The first-order valence-corrected chi connectivity index (χ1v) is 12.8. The molecule has 0 saturated heterocycles. The molecule has 4 nitrogen and oxygen atoms in total. The van der Waals surface area contributed by atoms with E-state index in [4.69, 9.17) is 4.42 Å². The van der Waals surface area contributed by atoms with E-state index in [1.165, 1.54) is 40.7 Å². The first-order valence-electron chi connectivity index (χ1n) is 12.8. The summed E-state index contributed by atoms with van der Waals surface area (Å²) in [5.41, 5.74) is 8.10. The molecule has 2 heterocycles. The van der Waals surface area contributed by atoms with Crippen LogP contribution >= 0.6 is 0 Å². The van der Waals surface area contributed by atoms with Crippen LogP contribution in [-0.2, 0) is 30.2 Å². The average Bonchev–Trinajstić information content (AvgIpc) is 3.30. The third kappa shape index (κ3) is 4.33. The zero-order valence-corrected chi connectivity index (χ0v) is 21.6. The Bertz CT molecular complexity index is 1270. The maximum Gasteiger partial charge on any atom is 0.290 e. The van der Waals surface area contributed by atoms with Gasteiger partial charge in [0.15, 0.2) is 5.76 Å². The Balaban J connectivity index is 1.39. The highest BCUT2D eigenvalue weighted by molar-refractivity contribution is 5.92. The minimum Gasteiger partial charge on any atom is -0.456 e. The van der Waals surface area contributed by atoms with Gasteiger partial charge in [-0.25, -0.2) is 0 Å². The minimum atomic E-state index is -0.237. The van der Waals surface area contributed by atoms with Crippen LogP contribution in [0.4, 0.5) is 0 Å². The van der Waals surface area contributed by atoms with Gasteiger partial charge in [0.1, 0.15) is 5.76 Å². The SMILES string of the molecule is Cc1cc2c(cc1Cc1ccc(C(=O)N3Cc4ccccc4C[C@@H]3CO)o1)C(C)(C)CCC2(C)C. The number of carbonyl (C=O) groups excluding carboxylic acids is 1. The molecule has 0 bridgehead atoms. The molecule has 35 heavy (non-hydrogen) atoms. The number of hydrogen-bond donors (Lipinski definition) is 1. The standard InChI is InChI=1S/C31H37NO3/c1-20-14-26-27(31(4,5)13-12-30(26,2)3)17-23(20)16-25-10-11-28(35-25)29(34)32-18-22-9-7-6-8-21(22)15-24(32)19-33/h6-11,14,17,24,33H,12-13,15-16,18-19H2,1-5H3/t24-/m1/s1. The van der Waals surface area contributed by atoms with Crippen molar-refractivity contribution in [3.05, 3.63) is 93.4 Å². The quantitative estimate of drug-likeness (QED) is 0.501. The third-order valence-corrected chi connectivity index (χ3v) is 8.37. The predicted molar refractivity (Wildman–Crippen MR) is 139 cm³/mol. The molecule has 0 unspecified atom stereocenters. The van der Waals surface area contributed by atoms with Crippen LogP contribution in [0.3, 0.4) is 0 Å². The van der Waals surface area contributed by atoms with E-state index in [1.807, 2.05) is 18.2 Å². The molecule has 2 aliphatic rings. The highest BCUT2D eigenvalue weighted by atomic mass is 16.4. The van der Waals surface area contributed by atoms with E-state index in [9.17, 15) is 9.90 Å². The van der Waals surface area contributed by atoms with Crippen LogP contribution in [0.15, 0.2) is 52.9 Å². The molecule has 184 valence electrons. The van der Waals surface area contributed by atoms with Crippen LogP contribution in [0.1, 0.15) is 90.2 Å². The molecule has 2 aromatic carbocycles. The van der Waals surface area contributed by atoms with Crippen molar-refractivity contribution in [1.29, 1.82) is 0 Å². The zero-order chi connectivity index (χ0) is 25.0. The van der Waals surface area contributed by atoms with Gasteiger partial charge in [-0.05, 0) is 82.5 Å². The molecule has 5 rings (SSSR count). The first kappa shape index (κ1) is 23.9. The number of rotatable bonds is 4. The number of hydrogen-bond acceptors (Lipinski definition) is 3. The number of carbonyl (C=O) groups is 1. The average molecular weight is 472 g/mol. The number of furan rings is 1. The van der Waals surface area contributed by atoms with Gasteiger partial charge in [0.2, 0.25) is 0 Å². The summed E-state index contributed by atoms with van der Waals surface area (Å²) in [6.45, 7) is 12.0. The Morgan fingerprint density at radius 3 is 2.34 bits per heavy atom. The molecular formula is C31H37NO3. The van der Waals surface area contributed by atoms with Crippen molar-refractivity contribution in [2.24, 2.45) is 0 Å². The summed E-state index contributed by atoms with van der Waals surface area (Å²) in [6.07, 6.45) is 3.70. The second kappa shape index (κ2) is 8.67. The topological polar surface area (TPSA) is 53.7 Å². The summed E-state index contributed by atoms with van der Waals surface area (Å²) in [4.78, 5) is 15.1. The van der Waals surface area contributed by atoms with Crippen molar-refractivity contribution >= 4 is 5.91 Å². The van der Waals surface area contributed by atoms with Crippen LogP contribution in [-0.4, -0.2) is 28.6 Å². The van der Waals surface area contributed by atoms with Crippen LogP contribution in [0.25, 0.3) is 0 Å². The maximum absolute atomic E-state index is 13.4. The molecule has 1 aliphatic heterocycles. The highest BCUT2D eigenvalue weighted by Crippen LogP contribution is 2.46. The summed E-state index contributed by atoms with van der Waals surface area (Å²) < 4.78 is 6.10. The number of fused-ring (bicyclic) bond motifs is 2. The monoisotopic (exact) mass is 471 g/mol. The van der Waals surface area contributed by atoms with Crippen molar-refractivity contribution in [2.75, 3.05) is 6.61 Å².